The third kappa shape index (κ3) is 2.70. The van der Waals surface area contributed by atoms with Crippen molar-refractivity contribution in [2.45, 2.75) is 44.8 Å². The van der Waals surface area contributed by atoms with Gasteiger partial charge < -0.3 is 4.84 Å². The van der Waals surface area contributed by atoms with Crippen LogP contribution in [0.1, 0.15) is 31.7 Å². The molecule has 0 aromatic heterocycles. The number of hydrogen-bond donors (Lipinski definition) is 0. The Kier molecular flexibility index (Phi) is 3.75. The van der Waals surface area contributed by atoms with Crippen LogP contribution in [0.15, 0.2) is 47.1 Å². The van der Waals surface area contributed by atoms with Crippen LogP contribution in [-0.2, 0) is 11.3 Å². The molecule has 22 heavy (non-hydrogen) atoms. The van der Waals surface area contributed by atoms with Crippen LogP contribution in [0.3, 0.4) is 0 Å². The van der Waals surface area contributed by atoms with E-state index in [1.54, 1.807) is 5.57 Å². The minimum atomic E-state index is 0.161. The minimum Gasteiger partial charge on any atom is -0.388 e. The van der Waals surface area contributed by atoms with Gasteiger partial charge in [0.2, 0.25) is 0 Å². The summed E-state index contributed by atoms with van der Waals surface area (Å²) in [4.78, 5) is 8.24. The fourth-order valence-electron chi connectivity index (χ4n) is 4.19. The molecule has 3 heteroatoms. The highest BCUT2D eigenvalue weighted by atomic mass is 16.6. The van der Waals surface area contributed by atoms with E-state index in [1.807, 2.05) is 0 Å². The van der Waals surface area contributed by atoms with Crippen LogP contribution in [0.25, 0.3) is 0 Å². The topological polar surface area (TPSA) is 24.8 Å². The molecule has 1 aromatic carbocycles. The summed E-state index contributed by atoms with van der Waals surface area (Å²) in [5.74, 6) is 0.753. The van der Waals surface area contributed by atoms with Crippen molar-refractivity contribution in [3.63, 3.8) is 0 Å². The van der Waals surface area contributed by atoms with E-state index < -0.39 is 0 Å². The number of piperidine rings is 3. The number of hydrogen-bond acceptors (Lipinski definition) is 3. The Morgan fingerprint density at radius 1 is 1.23 bits per heavy atom. The summed E-state index contributed by atoms with van der Waals surface area (Å²) in [6, 6.07) is 11.4. The molecule has 0 N–H and O–H groups in total. The summed E-state index contributed by atoms with van der Waals surface area (Å²) in [5, 5.41) is 4.11. The summed E-state index contributed by atoms with van der Waals surface area (Å²) in [5.41, 5.74) is 4.16. The van der Waals surface area contributed by atoms with Crippen molar-refractivity contribution in [1.29, 1.82) is 0 Å². The lowest BCUT2D eigenvalue weighted by Gasteiger charge is -2.48. The number of benzene rings is 1. The summed E-state index contributed by atoms with van der Waals surface area (Å²) in [6.45, 7) is 4.55. The van der Waals surface area contributed by atoms with Crippen LogP contribution in [0, 0.1) is 5.92 Å². The maximum atomic E-state index is 5.57. The molecule has 0 saturated carbocycles. The number of oxime groups is 1. The molecule has 0 amide bonds. The van der Waals surface area contributed by atoms with E-state index >= 15 is 0 Å². The van der Waals surface area contributed by atoms with Gasteiger partial charge >= 0.3 is 0 Å². The highest BCUT2D eigenvalue weighted by Crippen LogP contribution is 2.38. The largest absolute Gasteiger partial charge is 0.388 e. The van der Waals surface area contributed by atoms with Crippen molar-refractivity contribution in [3.8, 4) is 0 Å². The second-order valence-corrected chi connectivity index (χ2v) is 6.86. The Morgan fingerprint density at radius 2 is 2.00 bits per heavy atom. The van der Waals surface area contributed by atoms with Gasteiger partial charge in [-0.1, -0.05) is 35.5 Å². The third-order valence-corrected chi connectivity index (χ3v) is 5.32. The van der Waals surface area contributed by atoms with Gasteiger partial charge in [0, 0.05) is 12.5 Å². The SMILES string of the molecule is CC1=NOC(/C=C2\C3CCN(CC3)C2Cc2ccccc2)C1. The number of nitrogens with zero attached hydrogens (tertiary/aromatic N) is 2. The molecule has 4 aliphatic heterocycles. The van der Waals surface area contributed by atoms with Crippen molar-refractivity contribution in [1.82, 2.24) is 4.90 Å². The van der Waals surface area contributed by atoms with Gasteiger partial charge in [0.25, 0.3) is 0 Å². The molecule has 2 bridgehead atoms. The van der Waals surface area contributed by atoms with Crippen molar-refractivity contribution >= 4 is 5.71 Å². The molecule has 0 aliphatic carbocycles. The number of rotatable bonds is 3. The van der Waals surface area contributed by atoms with Crippen molar-refractivity contribution in [2.24, 2.45) is 11.1 Å². The lowest BCUT2D eigenvalue weighted by atomic mass is 9.76. The van der Waals surface area contributed by atoms with E-state index in [0.717, 1.165) is 24.5 Å². The third-order valence-electron chi connectivity index (χ3n) is 5.32. The molecule has 5 rings (SSSR count). The van der Waals surface area contributed by atoms with Gasteiger partial charge in [0.1, 0.15) is 0 Å². The van der Waals surface area contributed by atoms with Crippen LogP contribution in [0.2, 0.25) is 0 Å². The van der Waals surface area contributed by atoms with Crippen LogP contribution < -0.4 is 0 Å². The molecule has 0 radical (unpaired) electrons. The van der Waals surface area contributed by atoms with Crippen LogP contribution >= 0.6 is 0 Å². The Labute approximate surface area is 132 Å². The zero-order valence-corrected chi connectivity index (χ0v) is 13.2. The van der Waals surface area contributed by atoms with E-state index in [9.17, 15) is 0 Å². The predicted octanol–water partition coefficient (Wildman–Crippen LogP) is 3.41. The van der Waals surface area contributed by atoms with Gasteiger partial charge in [-0.05, 0) is 62.4 Å². The van der Waals surface area contributed by atoms with Gasteiger partial charge in [0.15, 0.2) is 6.10 Å². The summed E-state index contributed by atoms with van der Waals surface area (Å²) in [6.07, 6.45) is 7.25. The lowest BCUT2D eigenvalue weighted by Crippen LogP contribution is -2.51. The summed E-state index contributed by atoms with van der Waals surface area (Å²) >= 11 is 0. The Balaban J connectivity index is 1.57. The van der Waals surface area contributed by atoms with Gasteiger partial charge in [-0.25, -0.2) is 0 Å². The summed E-state index contributed by atoms with van der Waals surface area (Å²) in [7, 11) is 0. The van der Waals surface area contributed by atoms with E-state index in [-0.39, 0.29) is 6.10 Å². The lowest BCUT2D eigenvalue weighted by molar-refractivity contribution is 0.0912. The quantitative estimate of drug-likeness (QED) is 0.799. The normalized spacial score (nSPS) is 35.5. The fourth-order valence-corrected chi connectivity index (χ4v) is 4.19. The summed E-state index contributed by atoms with van der Waals surface area (Å²) < 4.78 is 0. The predicted molar refractivity (Wildman–Crippen MR) is 88.9 cm³/mol. The van der Waals surface area contributed by atoms with Gasteiger partial charge in [0.05, 0.1) is 5.71 Å². The maximum absolute atomic E-state index is 5.57. The standard InChI is InChI=1S/C19H24N2O/c1-14-11-17(22-20-14)13-18-16-7-9-21(10-8-16)19(18)12-15-5-3-2-4-6-15/h2-6,13,16-17,19H,7-12H2,1H3/b18-13+. The Morgan fingerprint density at radius 3 is 2.68 bits per heavy atom. The second kappa shape index (κ2) is 5.88. The van der Waals surface area contributed by atoms with Crippen LogP contribution in [-0.4, -0.2) is 35.8 Å². The average Bonchev–Trinajstić information content (AvgIpc) is 2.97. The first-order valence-electron chi connectivity index (χ1n) is 8.48. The first-order chi connectivity index (χ1) is 10.8. The maximum Gasteiger partial charge on any atom is 0.151 e. The highest BCUT2D eigenvalue weighted by Gasteiger charge is 2.38. The first-order valence-corrected chi connectivity index (χ1v) is 8.48. The zero-order valence-electron chi connectivity index (χ0n) is 13.2. The van der Waals surface area contributed by atoms with Crippen molar-refractivity contribution < 1.29 is 4.84 Å². The zero-order chi connectivity index (χ0) is 14.9. The molecule has 0 spiro atoms. The monoisotopic (exact) mass is 296 g/mol. The molecule has 3 saturated heterocycles. The van der Waals surface area contributed by atoms with E-state index in [2.05, 4.69) is 53.4 Å². The van der Waals surface area contributed by atoms with E-state index in [0.29, 0.717) is 6.04 Å². The molecule has 2 unspecified atom stereocenters. The average molecular weight is 296 g/mol. The second-order valence-electron chi connectivity index (χ2n) is 6.86. The van der Waals surface area contributed by atoms with E-state index in [1.165, 1.54) is 31.5 Å². The Bertz CT molecular complexity index is 585. The van der Waals surface area contributed by atoms with E-state index in [4.69, 9.17) is 4.84 Å². The molecule has 3 nitrogen and oxygen atoms in total. The highest BCUT2D eigenvalue weighted by molar-refractivity contribution is 5.83. The van der Waals surface area contributed by atoms with Crippen LogP contribution in [0.4, 0.5) is 0 Å². The first kappa shape index (κ1) is 14.0. The molecule has 4 aliphatic rings. The Hall–Kier alpha value is -1.61. The molecule has 116 valence electrons. The number of fused-ring (bicyclic) bond motifs is 3. The van der Waals surface area contributed by atoms with Gasteiger partial charge in [-0.3, -0.25) is 4.90 Å². The molecule has 3 fully saturated rings. The fraction of sp³-hybridized carbons (Fsp3) is 0.526. The smallest absolute Gasteiger partial charge is 0.151 e. The molecular formula is C19H24N2O. The van der Waals surface area contributed by atoms with Crippen LogP contribution in [0.5, 0.6) is 0 Å². The molecule has 2 atom stereocenters. The molecule has 4 heterocycles. The van der Waals surface area contributed by atoms with Crippen molar-refractivity contribution in [2.75, 3.05) is 13.1 Å². The molecular weight excluding hydrogens is 272 g/mol. The minimum absolute atomic E-state index is 0.161. The molecule has 1 aromatic rings. The van der Waals surface area contributed by atoms with Gasteiger partial charge in [-0.2, -0.15) is 0 Å². The van der Waals surface area contributed by atoms with Crippen molar-refractivity contribution in [3.05, 3.63) is 47.5 Å². The van der Waals surface area contributed by atoms with Gasteiger partial charge in [-0.15, -0.1) is 0 Å².